The van der Waals surface area contributed by atoms with Crippen molar-refractivity contribution >= 4 is 65.1 Å². The summed E-state index contributed by atoms with van der Waals surface area (Å²) in [6.07, 6.45) is 1.77. The van der Waals surface area contributed by atoms with Crippen LogP contribution in [-0.2, 0) is 35.6 Å². The van der Waals surface area contributed by atoms with E-state index in [1.165, 1.54) is 28.5 Å². The van der Waals surface area contributed by atoms with E-state index < -0.39 is 24.0 Å². The molecule has 0 radical (unpaired) electrons. The van der Waals surface area contributed by atoms with Gasteiger partial charge in [-0.1, -0.05) is 84.9 Å². The maximum atomic E-state index is 14.3. The molecule has 15 rings (SSSR count). The fraction of sp³-hybridized carbons (Fsp3) is 0.338. The number of rotatable bonds is 6. The van der Waals surface area contributed by atoms with Crippen LogP contribution in [0.3, 0.4) is 0 Å². The standard InChI is InChI=1S/C21H19FN4O3.C11H12ClNO3.C11H10ClNO3.C11H11NO3.C11H13NO2.ClH/c1-25-19(27)10-16(13-6-7-23-11-15(13)22)24-21(25)26-8-9-28-20-14-4-2-3-5-18(14)29-12-17(20)26;2*12-5-10(14)13-8-6-16-9-4-2-1-3-7(9)11(8)15;13-10-6-15-11-7-3-1-2-4-9(7)14-5-8(11)12-10;1-2-4-10-8(3-1)11-9(7-14-10)12-5-6-13-11;/h2-7,10-11,17,20H,8-9,12H2,1H3;1-4,8,11,15H,5-6H2,(H,13,14);1-4,8H,5-6H2,(H,13,14);1-4,8,11H,5-6H2,(H,12,13);1-4,9,11-12H,5-7H2;1H/t17-,20+;8-,11+;;8-,11+;9-,11+;/m11.11./s1. The van der Waals surface area contributed by atoms with Crippen molar-refractivity contribution in [3.63, 3.8) is 0 Å². The highest BCUT2D eigenvalue weighted by Gasteiger charge is 2.41. The van der Waals surface area contributed by atoms with Crippen molar-refractivity contribution in [2.45, 2.75) is 54.6 Å². The van der Waals surface area contributed by atoms with Crippen molar-refractivity contribution in [3.05, 3.63) is 190 Å². The molecular weight excluding hydrogens is 1240 g/mol. The van der Waals surface area contributed by atoms with E-state index in [0.717, 1.165) is 47.7 Å². The minimum atomic E-state index is -0.753. The zero-order chi connectivity index (χ0) is 62.7. The molecule has 5 N–H and O–H groups in total. The number of amides is 3. The molecular formula is C65H66Cl3FN8O14. The molecule has 26 heteroatoms. The Morgan fingerprint density at radius 2 is 1.20 bits per heavy atom. The number of hydrogen-bond acceptors (Lipinski definition) is 18. The molecule has 3 fully saturated rings. The highest BCUT2D eigenvalue weighted by Crippen LogP contribution is 2.41. The fourth-order valence-electron chi connectivity index (χ4n) is 11.5. The van der Waals surface area contributed by atoms with E-state index in [-0.39, 0.29) is 115 Å². The molecule has 7 aromatic rings. The van der Waals surface area contributed by atoms with Gasteiger partial charge in [0.2, 0.25) is 23.7 Å². The molecule has 2 aromatic heterocycles. The molecule has 0 bridgehead atoms. The number of fused-ring (bicyclic) bond motifs is 11. The molecule has 8 aliphatic heterocycles. The average molecular weight is 1310 g/mol. The van der Waals surface area contributed by atoms with Crippen LogP contribution >= 0.6 is 35.6 Å². The van der Waals surface area contributed by atoms with Gasteiger partial charge in [0.05, 0.1) is 54.8 Å². The molecule has 91 heavy (non-hydrogen) atoms. The van der Waals surface area contributed by atoms with E-state index >= 15 is 0 Å². The van der Waals surface area contributed by atoms with Crippen molar-refractivity contribution in [2.75, 3.05) is 82.6 Å². The van der Waals surface area contributed by atoms with Crippen LogP contribution in [0.15, 0.2) is 151 Å². The molecule has 10 heterocycles. The summed E-state index contributed by atoms with van der Waals surface area (Å²) in [4.78, 5) is 68.4. The second-order valence-electron chi connectivity index (χ2n) is 21.6. The van der Waals surface area contributed by atoms with Crippen LogP contribution in [0.25, 0.3) is 11.3 Å². The summed E-state index contributed by atoms with van der Waals surface area (Å²) in [6.45, 7) is 4.88. The first-order valence-electron chi connectivity index (χ1n) is 29.2. The Balaban J connectivity index is 0.000000129. The first-order chi connectivity index (χ1) is 43.9. The number of anilines is 1. The van der Waals surface area contributed by atoms with Crippen molar-refractivity contribution in [2.24, 2.45) is 7.05 Å². The Hall–Kier alpha value is -8.39. The SMILES string of the molecule is Cl.Cn1c(N2CCO[C@H]3c4ccccc4OC[C@H]32)nc(-c2ccncc2F)cc1=O.O=C(CCl)NC1COc2ccccc2C1=O.O=C(CCl)N[C@@H]1COc2ccccc2[C@@H]1O.O=C1CO[C@H]2c3ccccc3OC[C@H]2N1.c1ccc2c(c1)OC[C@H]1NCCO[C@@H]21. The van der Waals surface area contributed by atoms with Crippen LogP contribution in [0.2, 0.25) is 0 Å². The lowest BCUT2D eigenvalue weighted by molar-refractivity contribution is -0.139. The fourth-order valence-corrected chi connectivity index (χ4v) is 11.6. The zero-order valence-corrected chi connectivity index (χ0v) is 51.5. The van der Waals surface area contributed by atoms with Crippen LogP contribution in [0, 0.1) is 5.82 Å². The zero-order valence-electron chi connectivity index (χ0n) is 49.1. The lowest BCUT2D eigenvalue weighted by Gasteiger charge is -2.44. The summed E-state index contributed by atoms with van der Waals surface area (Å²) in [5, 5.41) is 21.4. The monoisotopic (exact) mass is 1310 g/mol. The third-order valence-corrected chi connectivity index (χ3v) is 16.3. The summed E-state index contributed by atoms with van der Waals surface area (Å²) >= 11 is 10.7. The van der Waals surface area contributed by atoms with Crippen molar-refractivity contribution in [1.82, 2.24) is 35.8 Å². The molecule has 0 spiro atoms. The Bertz CT molecular complexity index is 3780. The number of para-hydroxylation sites is 5. The number of ether oxygens (including phenoxy) is 8. The molecule has 9 atom stereocenters. The van der Waals surface area contributed by atoms with E-state index in [1.807, 2.05) is 83.8 Å². The third kappa shape index (κ3) is 15.2. The largest absolute Gasteiger partial charge is 0.491 e. The summed E-state index contributed by atoms with van der Waals surface area (Å²) in [5.74, 6) is 2.62. The molecule has 0 aliphatic carbocycles. The Morgan fingerprint density at radius 1 is 0.648 bits per heavy atom. The van der Waals surface area contributed by atoms with Gasteiger partial charge in [-0.2, -0.15) is 0 Å². The van der Waals surface area contributed by atoms with Crippen LogP contribution in [0.4, 0.5) is 10.3 Å². The van der Waals surface area contributed by atoms with E-state index in [1.54, 1.807) is 43.4 Å². The lowest BCUT2D eigenvalue weighted by Crippen LogP contribution is -2.53. The minimum absolute atomic E-state index is 0. The number of aliphatic hydroxyl groups excluding tert-OH is 1. The van der Waals surface area contributed by atoms with Gasteiger partial charge < -0.3 is 69.2 Å². The number of ketones is 1. The molecule has 478 valence electrons. The van der Waals surface area contributed by atoms with Gasteiger partial charge >= 0.3 is 0 Å². The molecule has 5 aromatic carbocycles. The van der Waals surface area contributed by atoms with Gasteiger partial charge in [-0.15, -0.1) is 35.6 Å². The maximum absolute atomic E-state index is 14.3. The number of carbonyl (C=O) groups is 4. The molecule has 1 unspecified atom stereocenters. The van der Waals surface area contributed by atoms with Crippen LogP contribution in [-0.4, -0.2) is 151 Å². The molecule has 22 nitrogen and oxygen atoms in total. The Kier molecular flexibility index (Phi) is 22.1. The van der Waals surface area contributed by atoms with E-state index in [0.29, 0.717) is 67.6 Å². The highest BCUT2D eigenvalue weighted by molar-refractivity contribution is 6.27. The number of pyridine rings is 1. The average Bonchev–Trinajstić information content (AvgIpc) is 1.15. The number of nitrogens with one attached hydrogen (secondary N) is 4. The number of halogens is 4. The van der Waals surface area contributed by atoms with Crippen LogP contribution < -0.4 is 55.4 Å². The Morgan fingerprint density at radius 3 is 1.87 bits per heavy atom. The summed E-state index contributed by atoms with van der Waals surface area (Å²) in [7, 11) is 1.67. The van der Waals surface area contributed by atoms with Gasteiger partial charge in [0, 0.05) is 60.2 Å². The quantitative estimate of drug-likeness (QED) is 0.114. The number of aliphatic hydroxyl groups is 1. The van der Waals surface area contributed by atoms with Gasteiger partial charge in [-0.3, -0.25) is 33.5 Å². The van der Waals surface area contributed by atoms with Crippen LogP contribution in [0.1, 0.15) is 57.0 Å². The van der Waals surface area contributed by atoms with E-state index in [4.69, 9.17) is 61.1 Å². The maximum Gasteiger partial charge on any atom is 0.255 e. The van der Waals surface area contributed by atoms with Crippen LogP contribution in [0.5, 0.6) is 28.7 Å². The third-order valence-electron chi connectivity index (χ3n) is 15.8. The van der Waals surface area contributed by atoms with Gasteiger partial charge in [0.15, 0.2) is 11.6 Å². The van der Waals surface area contributed by atoms with Crippen molar-refractivity contribution in [3.8, 4) is 40.0 Å². The van der Waals surface area contributed by atoms with Crippen molar-refractivity contribution < 1.29 is 66.6 Å². The number of alkyl halides is 2. The number of benzene rings is 5. The van der Waals surface area contributed by atoms with Gasteiger partial charge in [-0.05, 0) is 42.5 Å². The van der Waals surface area contributed by atoms with Crippen molar-refractivity contribution in [1.29, 1.82) is 0 Å². The molecule has 8 aliphatic rings. The molecule has 3 saturated heterocycles. The van der Waals surface area contributed by atoms with Gasteiger partial charge in [0.1, 0.15) is 111 Å². The second-order valence-corrected chi connectivity index (χ2v) is 22.1. The predicted molar refractivity (Wildman–Crippen MR) is 335 cm³/mol. The predicted octanol–water partition coefficient (Wildman–Crippen LogP) is 6.31. The van der Waals surface area contributed by atoms with Gasteiger partial charge in [0.25, 0.3) is 5.56 Å². The summed E-state index contributed by atoms with van der Waals surface area (Å²) in [6, 6.07) is 39.8. The number of hydrogen-bond donors (Lipinski definition) is 5. The summed E-state index contributed by atoms with van der Waals surface area (Å²) in [5.41, 5.74) is 4.63. The highest BCUT2D eigenvalue weighted by atomic mass is 35.5. The molecule has 0 saturated carbocycles. The number of aromatic nitrogens is 3. The number of nitrogens with zero attached hydrogens (tertiary/aromatic N) is 4. The number of carbonyl (C=O) groups excluding carboxylic acids is 4. The smallest absolute Gasteiger partial charge is 0.255 e. The normalized spacial score (nSPS) is 23.2. The van der Waals surface area contributed by atoms with Gasteiger partial charge in [-0.25, -0.2) is 9.37 Å². The van der Waals surface area contributed by atoms with E-state index in [9.17, 15) is 33.5 Å². The van der Waals surface area contributed by atoms with E-state index in [2.05, 4.69) is 37.3 Å². The Labute approximate surface area is 539 Å². The lowest BCUT2D eigenvalue weighted by atomic mass is 9.96. The topological polar surface area (TPSA) is 261 Å². The molecule has 3 amide bonds. The number of morpholine rings is 3. The first-order valence-corrected chi connectivity index (χ1v) is 30.3. The number of Topliss-reactive ketones (excluding diaryl/α,β-unsaturated/α-hetero) is 1. The summed E-state index contributed by atoms with van der Waals surface area (Å²) < 4.78 is 61.0. The second kappa shape index (κ2) is 30.6. The first kappa shape index (κ1) is 65.6. The minimum Gasteiger partial charge on any atom is -0.491 e.